The van der Waals surface area contributed by atoms with Gasteiger partial charge in [-0.2, -0.15) is 5.26 Å². The van der Waals surface area contributed by atoms with E-state index in [0.29, 0.717) is 0 Å². The number of fused-ring (bicyclic) bond motifs is 2. The molecule has 1 atom stereocenters. The number of benzene rings is 1. The maximum absolute atomic E-state index is 11.7. The fraction of sp³-hybridized carbons (Fsp3) is 0.375. The van der Waals surface area contributed by atoms with E-state index in [0.717, 1.165) is 29.4 Å². The van der Waals surface area contributed by atoms with E-state index in [1.807, 2.05) is 6.07 Å². The first-order chi connectivity index (χ1) is 9.67. The summed E-state index contributed by atoms with van der Waals surface area (Å²) in [4.78, 5) is 11.7. The van der Waals surface area contributed by atoms with Crippen LogP contribution < -0.4 is 0 Å². The lowest BCUT2D eigenvalue weighted by Crippen LogP contribution is -2.14. The highest BCUT2D eigenvalue weighted by Gasteiger charge is 2.17. The molecular formula is C16H15NO3. The summed E-state index contributed by atoms with van der Waals surface area (Å²) in [6.07, 6.45) is 4.40. The SMILES string of the molecule is C[C@@H](C#N)OC(=O)Cc1coc2cc3c(cc12)CCC3. The topological polar surface area (TPSA) is 63.2 Å². The van der Waals surface area contributed by atoms with Crippen molar-refractivity contribution >= 4 is 16.9 Å². The molecule has 0 fully saturated rings. The van der Waals surface area contributed by atoms with Gasteiger partial charge in [-0.15, -0.1) is 0 Å². The third-order valence-electron chi connectivity index (χ3n) is 3.69. The molecule has 3 rings (SSSR count). The highest BCUT2D eigenvalue weighted by Crippen LogP contribution is 2.30. The fourth-order valence-electron chi connectivity index (χ4n) is 2.71. The number of nitriles is 1. The zero-order valence-corrected chi connectivity index (χ0v) is 11.3. The maximum atomic E-state index is 11.7. The molecule has 1 aromatic carbocycles. The average molecular weight is 269 g/mol. The lowest BCUT2D eigenvalue weighted by atomic mass is 10.0. The molecule has 0 saturated heterocycles. The van der Waals surface area contributed by atoms with Gasteiger partial charge in [0.1, 0.15) is 11.7 Å². The van der Waals surface area contributed by atoms with E-state index in [9.17, 15) is 4.79 Å². The van der Waals surface area contributed by atoms with Gasteiger partial charge in [-0.3, -0.25) is 4.79 Å². The summed E-state index contributed by atoms with van der Waals surface area (Å²) >= 11 is 0. The van der Waals surface area contributed by atoms with Gasteiger partial charge in [-0.05, 0) is 49.4 Å². The number of furan rings is 1. The summed E-state index contributed by atoms with van der Waals surface area (Å²) in [5.41, 5.74) is 4.34. The molecule has 0 bridgehead atoms. The largest absolute Gasteiger partial charge is 0.464 e. The van der Waals surface area contributed by atoms with Crippen LogP contribution >= 0.6 is 0 Å². The van der Waals surface area contributed by atoms with Crippen LogP contribution in [-0.4, -0.2) is 12.1 Å². The normalized spacial score (nSPS) is 14.8. The molecule has 1 aliphatic rings. The van der Waals surface area contributed by atoms with Gasteiger partial charge >= 0.3 is 5.97 Å². The average Bonchev–Trinajstić information content (AvgIpc) is 3.03. The number of carbonyl (C=O) groups excluding carboxylic acids is 1. The van der Waals surface area contributed by atoms with Crippen molar-refractivity contribution in [1.29, 1.82) is 5.26 Å². The Labute approximate surface area is 116 Å². The Morgan fingerprint density at radius 3 is 2.95 bits per heavy atom. The molecule has 4 heteroatoms. The molecule has 20 heavy (non-hydrogen) atoms. The number of hydrogen-bond acceptors (Lipinski definition) is 4. The first-order valence-electron chi connectivity index (χ1n) is 6.78. The minimum absolute atomic E-state index is 0.137. The summed E-state index contributed by atoms with van der Waals surface area (Å²) in [5, 5.41) is 9.62. The molecule has 0 spiro atoms. The van der Waals surface area contributed by atoms with Crippen LogP contribution in [0.1, 0.15) is 30.0 Å². The van der Waals surface area contributed by atoms with Crippen LogP contribution in [0.3, 0.4) is 0 Å². The Hall–Kier alpha value is -2.28. The van der Waals surface area contributed by atoms with Gasteiger partial charge in [0.15, 0.2) is 6.10 Å². The molecule has 0 amide bonds. The second-order valence-corrected chi connectivity index (χ2v) is 5.17. The van der Waals surface area contributed by atoms with E-state index in [1.54, 1.807) is 13.2 Å². The molecule has 1 heterocycles. The third-order valence-corrected chi connectivity index (χ3v) is 3.69. The molecule has 0 N–H and O–H groups in total. The molecule has 2 aromatic rings. The van der Waals surface area contributed by atoms with Crippen molar-refractivity contribution in [1.82, 2.24) is 0 Å². The summed E-state index contributed by atoms with van der Waals surface area (Å²) in [7, 11) is 0. The monoisotopic (exact) mass is 269 g/mol. The number of esters is 1. The fourth-order valence-corrected chi connectivity index (χ4v) is 2.71. The van der Waals surface area contributed by atoms with Crippen LogP contribution in [0.2, 0.25) is 0 Å². The number of aryl methyl sites for hydroxylation is 2. The smallest absolute Gasteiger partial charge is 0.311 e. The van der Waals surface area contributed by atoms with Gasteiger partial charge in [0.2, 0.25) is 0 Å². The Morgan fingerprint density at radius 2 is 2.20 bits per heavy atom. The van der Waals surface area contributed by atoms with Gasteiger partial charge in [-0.25, -0.2) is 0 Å². The van der Waals surface area contributed by atoms with Gasteiger partial charge in [0.25, 0.3) is 0 Å². The lowest BCUT2D eigenvalue weighted by Gasteiger charge is -2.05. The van der Waals surface area contributed by atoms with Crippen molar-refractivity contribution in [2.24, 2.45) is 0 Å². The van der Waals surface area contributed by atoms with Gasteiger partial charge in [-0.1, -0.05) is 0 Å². The third kappa shape index (κ3) is 2.27. The minimum atomic E-state index is -0.718. The molecule has 0 saturated carbocycles. The molecule has 0 radical (unpaired) electrons. The van der Waals surface area contributed by atoms with Crippen LogP contribution in [-0.2, 0) is 28.8 Å². The minimum Gasteiger partial charge on any atom is -0.464 e. The van der Waals surface area contributed by atoms with Gasteiger partial charge < -0.3 is 9.15 Å². The van der Waals surface area contributed by atoms with E-state index >= 15 is 0 Å². The van der Waals surface area contributed by atoms with Crippen molar-refractivity contribution in [2.45, 2.75) is 38.7 Å². The number of nitrogens with zero attached hydrogens (tertiary/aromatic N) is 1. The number of ether oxygens (including phenoxy) is 1. The quantitative estimate of drug-likeness (QED) is 0.804. The first kappa shape index (κ1) is 12.7. The molecule has 4 nitrogen and oxygen atoms in total. The Kier molecular flexibility index (Phi) is 3.19. The van der Waals surface area contributed by atoms with Crippen LogP contribution in [0.4, 0.5) is 0 Å². The summed E-state index contributed by atoms with van der Waals surface area (Å²) in [5.74, 6) is -0.401. The summed E-state index contributed by atoms with van der Waals surface area (Å²) in [6.45, 7) is 1.55. The van der Waals surface area contributed by atoms with Crippen molar-refractivity contribution < 1.29 is 13.9 Å². The van der Waals surface area contributed by atoms with E-state index in [4.69, 9.17) is 14.4 Å². The van der Waals surface area contributed by atoms with E-state index in [2.05, 4.69) is 12.1 Å². The van der Waals surface area contributed by atoms with Crippen molar-refractivity contribution in [2.75, 3.05) is 0 Å². The molecule has 1 aliphatic carbocycles. The molecule has 0 unspecified atom stereocenters. The van der Waals surface area contributed by atoms with Gasteiger partial charge in [0.05, 0.1) is 12.7 Å². The Balaban J connectivity index is 1.86. The molecular weight excluding hydrogens is 254 g/mol. The number of carbonyl (C=O) groups is 1. The maximum Gasteiger partial charge on any atom is 0.311 e. The van der Waals surface area contributed by atoms with Crippen LogP contribution in [0.25, 0.3) is 11.0 Å². The van der Waals surface area contributed by atoms with Crippen molar-refractivity contribution in [3.8, 4) is 6.07 Å². The summed E-state index contributed by atoms with van der Waals surface area (Å²) < 4.78 is 10.5. The second-order valence-electron chi connectivity index (χ2n) is 5.17. The zero-order valence-electron chi connectivity index (χ0n) is 11.3. The van der Waals surface area contributed by atoms with E-state index in [-0.39, 0.29) is 6.42 Å². The first-order valence-corrected chi connectivity index (χ1v) is 6.78. The zero-order chi connectivity index (χ0) is 14.1. The van der Waals surface area contributed by atoms with Crippen molar-refractivity contribution in [3.63, 3.8) is 0 Å². The predicted octanol–water partition coefficient (Wildman–Crippen LogP) is 2.92. The van der Waals surface area contributed by atoms with Crippen LogP contribution in [0, 0.1) is 11.3 Å². The van der Waals surface area contributed by atoms with Crippen LogP contribution in [0.15, 0.2) is 22.8 Å². The Morgan fingerprint density at radius 1 is 1.45 bits per heavy atom. The highest BCUT2D eigenvalue weighted by molar-refractivity contribution is 5.87. The number of rotatable bonds is 3. The number of hydrogen-bond donors (Lipinski definition) is 0. The second kappa shape index (κ2) is 5.01. The Bertz CT molecular complexity index is 708. The molecule has 102 valence electrons. The van der Waals surface area contributed by atoms with E-state index in [1.165, 1.54) is 17.5 Å². The summed E-state index contributed by atoms with van der Waals surface area (Å²) in [6, 6.07) is 6.08. The molecule has 1 aromatic heterocycles. The van der Waals surface area contributed by atoms with E-state index < -0.39 is 12.1 Å². The van der Waals surface area contributed by atoms with Crippen LogP contribution in [0.5, 0.6) is 0 Å². The molecule has 0 aliphatic heterocycles. The highest BCUT2D eigenvalue weighted by atomic mass is 16.5. The van der Waals surface area contributed by atoms with Crippen molar-refractivity contribution in [3.05, 3.63) is 35.1 Å². The standard InChI is InChI=1S/C16H15NO3/c1-10(8-17)20-16(18)7-13-9-19-15-6-12-4-2-3-11(12)5-14(13)15/h5-6,9-10H,2-4,7H2,1H3/t10-/m0/s1. The predicted molar refractivity (Wildman–Crippen MR) is 73.1 cm³/mol. The lowest BCUT2D eigenvalue weighted by molar-refractivity contribution is -0.145. The van der Waals surface area contributed by atoms with Gasteiger partial charge in [0, 0.05) is 10.9 Å².